The molecule has 0 spiro atoms. The molecule has 1 heterocycles. The van der Waals surface area contributed by atoms with E-state index in [0.717, 1.165) is 13.0 Å². The summed E-state index contributed by atoms with van der Waals surface area (Å²) in [6.07, 6.45) is 8.03. The van der Waals surface area contributed by atoms with Gasteiger partial charge in [0.25, 0.3) is 0 Å². The molecule has 0 atom stereocenters. The van der Waals surface area contributed by atoms with Gasteiger partial charge in [-0.15, -0.1) is 0 Å². The molecule has 0 unspecified atom stereocenters. The van der Waals surface area contributed by atoms with E-state index >= 15 is 0 Å². The van der Waals surface area contributed by atoms with Crippen LogP contribution in [0, 0.1) is 0 Å². The molecule has 1 aliphatic heterocycles. The molecule has 1 rings (SSSR count). The first-order chi connectivity index (χ1) is 8.68. The standard InChI is InChI=1S/C15H31N2OP/c1-8-9-10-13-18-19-16(14(2,3)4)11-12-17(19)15(5,6)7/h11-12H,8-10,13H2,1-7H3. The molecule has 0 N–H and O–H groups in total. The summed E-state index contributed by atoms with van der Waals surface area (Å²) in [7, 11) is -0.709. The van der Waals surface area contributed by atoms with Gasteiger partial charge in [0.05, 0.1) is 6.61 Å². The van der Waals surface area contributed by atoms with Gasteiger partial charge >= 0.3 is 0 Å². The van der Waals surface area contributed by atoms with Gasteiger partial charge in [-0.2, -0.15) is 0 Å². The summed E-state index contributed by atoms with van der Waals surface area (Å²) in [6, 6.07) is 0. The molecular weight excluding hydrogens is 255 g/mol. The van der Waals surface area contributed by atoms with E-state index in [1.807, 2.05) is 0 Å². The minimum Gasteiger partial charge on any atom is -0.323 e. The Hall–Kier alpha value is -0.270. The average molecular weight is 286 g/mol. The Morgan fingerprint density at radius 2 is 1.37 bits per heavy atom. The highest BCUT2D eigenvalue weighted by Crippen LogP contribution is 2.56. The summed E-state index contributed by atoms with van der Waals surface area (Å²) in [5.74, 6) is 0. The molecule has 112 valence electrons. The predicted octanol–water partition coefficient (Wildman–Crippen LogP) is 5.11. The van der Waals surface area contributed by atoms with E-state index in [4.69, 9.17) is 4.52 Å². The average Bonchev–Trinajstić information content (AvgIpc) is 2.67. The van der Waals surface area contributed by atoms with Crippen LogP contribution < -0.4 is 0 Å². The number of nitrogens with zero attached hydrogens (tertiary/aromatic N) is 2. The van der Waals surface area contributed by atoms with E-state index in [9.17, 15) is 0 Å². The van der Waals surface area contributed by atoms with E-state index in [2.05, 4.69) is 70.2 Å². The van der Waals surface area contributed by atoms with Crippen LogP contribution in [0.5, 0.6) is 0 Å². The molecule has 0 aromatic carbocycles. The maximum Gasteiger partial charge on any atom is 0.248 e. The molecular formula is C15H31N2OP. The van der Waals surface area contributed by atoms with E-state index < -0.39 is 8.45 Å². The van der Waals surface area contributed by atoms with Crippen molar-refractivity contribution >= 4 is 8.45 Å². The number of rotatable bonds is 5. The third kappa shape index (κ3) is 4.65. The first kappa shape index (κ1) is 16.8. The van der Waals surface area contributed by atoms with Crippen LogP contribution in [0.1, 0.15) is 67.7 Å². The van der Waals surface area contributed by atoms with Crippen molar-refractivity contribution in [2.45, 2.75) is 78.8 Å². The van der Waals surface area contributed by atoms with Crippen molar-refractivity contribution in [1.29, 1.82) is 0 Å². The molecule has 19 heavy (non-hydrogen) atoms. The minimum atomic E-state index is -0.709. The largest absolute Gasteiger partial charge is 0.323 e. The SMILES string of the molecule is CCCCCOP1N(C(C)(C)C)C=CN1C(C)(C)C. The monoisotopic (exact) mass is 286 g/mol. The molecule has 4 heteroatoms. The zero-order valence-electron chi connectivity index (χ0n) is 13.7. The van der Waals surface area contributed by atoms with Crippen LogP contribution in [-0.4, -0.2) is 27.0 Å². The van der Waals surface area contributed by atoms with E-state index in [0.29, 0.717) is 0 Å². The highest BCUT2D eigenvalue weighted by molar-refractivity contribution is 7.48. The summed E-state index contributed by atoms with van der Waals surface area (Å²) >= 11 is 0. The second-order valence-electron chi connectivity index (χ2n) is 7.12. The van der Waals surface area contributed by atoms with Crippen molar-refractivity contribution < 1.29 is 4.52 Å². The molecule has 0 saturated carbocycles. The van der Waals surface area contributed by atoms with Gasteiger partial charge in [-0.1, -0.05) is 19.8 Å². The van der Waals surface area contributed by atoms with Crippen molar-refractivity contribution in [3.8, 4) is 0 Å². The van der Waals surface area contributed by atoms with Gasteiger partial charge < -0.3 is 13.9 Å². The lowest BCUT2D eigenvalue weighted by Crippen LogP contribution is -2.38. The molecule has 0 radical (unpaired) electrons. The first-order valence-electron chi connectivity index (χ1n) is 7.38. The van der Waals surface area contributed by atoms with Crippen molar-refractivity contribution in [2.24, 2.45) is 0 Å². The van der Waals surface area contributed by atoms with Crippen LogP contribution in [-0.2, 0) is 4.52 Å². The third-order valence-corrected chi connectivity index (χ3v) is 5.66. The number of hydrogen-bond acceptors (Lipinski definition) is 3. The van der Waals surface area contributed by atoms with Gasteiger partial charge in [0.2, 0.25) is 8.45 Å². The molecule has 0 bridgehead atoms. The molecule has 0 amide bonds. The summed E-state index contributed by atoms with van der Waals surface area (Å²) in [4.78, 5) is 0. The Kier molecular flexibility index (Phi) is 5.70. The summed E-state index contributed by atoms with van der Waals surface area (Å²) in [6.45, 7) is 16.6. The zero-order chi connectivity index (χ0) is 14.7. The summed E-state index contributed by atoms with van der Waals surface area (Å²) in [5, 5.41) is 0. The lowest BCUT2D eigenvalue weighted by Gasteiger charge is -2.43. The minimum absolute atomic E-state index is 0.104. The maximum atomic E-state index is 6.24. The van der Waals surface area contributed by atoms with Gasteiger partial charge in [0, 0.05) is 23.5 Å². The molecule has 1 aliphatic rings. The smallest absolute Gasteiger partial charge is 0.248 e. The normalized spacial score (nSPS) is 17.6. The highest BCUT2D eigenvalue weighted by Gasteiger charge is 2.40. The van der Waals surface area contributed by atoms with Crippen LogP contribution in [0.3, 0.4) is 0 Å². The highest BCUT2D eigenvalue weighted by atomic mass is 31.2. The lowest BCUT2D eigenvalue weighted by molar-refractivity contribution is 0.226. The van der Waals surface area contributed by atoms with Gasteiger partial charge in [0.15, 0.2) is 0 Å². The fourth-order valence-corrected chi connectivity index (χ4v) is 4.05. The van der Waals surface area contributed by atoms with Crippen molar-refractivity contribution in [1.82, 2.24) is 9.34 Å². The maximum absolute atomic E-state index is 6.24. The zero-order valence-corrected chi connectivity index (χ0v) is 14.6. The lowest BCUT2D eigenvalue weighted by atomic mass is 10.1. The van der Waals surface area contributed by atoms with E-state index in [-0.39, 0.29) is 11.1 Å². The topological polar surface area (TPSA) is 15.7 Å². The Balaban J connectivity index is 2.71. The predicted molar refractivity (Wildman–Crippen MR) is 84.7 cm³/mol. The molecule has 0 saturated heterocycles. The fourth-order valence-electron chi connectivity index (χ4n) is 1.93. The quantitative estimate of drug-likeness (QED) is 0.516. The summed E-state index contributed by atoms with van der Waals surface area (Å²) in [5.41, 5.74) is 0.208. The Morgan fingerprint density at radius 1 is 0.895 bits per heavy atom. The van der Waals surface area contributed by atoms with Crippen LogP contribution >= 0.6 is 8.45 Å². The Morgan fingerprint density at radius 3 is 1.74 bits per heavy atom. The second-order valence-corrected chi connectivity index (χ2v) is 8.75. The van der Waals surface area contributed by atoms with Gasteiger partial charge in [-0.25, -0.2) is 0 Å². The third-order valence-electron chi connectivity index (χ3n) is 3.05. The van der Waals surface area contributed by atoms with Crippen LogP contribution in [0.2, 0.25) is 0 Å². The second kappa shape index (κ2) is 6.45. The van der Waals surface area contributed by atoms with Crippen molar-refractivity contribution in [2.75, 3.05) is 6.61 Å². The number of hydrogen-bond donors (Lipinski definition) is 0. The molecule has 0 aliphatic carbocycles. The molecule has 0 fully saturated rings. The van der Waals surface area contributed by atoms with Crippen LogP contribution in [0.15, 0.2) is 12.4 Å². The first-order valence-corrected chi connectivity index (χ1v) is 8.54. The molecule has 0 aromatic heterocycles. The Labute approximate surface area is 120 Å². The van der Waals surface area contributed by atoms with Crippen molar-refractivity contribution in [3.63, 3.8) is 0 Å². The molecule has 0 aromatic rings. The number of unbranched alkanes of at least 4 members (excludes halogenated alkanes) is 2. The van der Waals surface area contributed by atoms with Crippen LogP contribution in [0.4, 0.5) is 0 Å². The van der Waals surface area contributed by atoms with Gasteiger partial charge in [-0.05, 0) is 48.0 Å². The van der Waals surface area contributed by atoms with Gasteiger partial charge in [-0.3, -0.25) is 0 Å². The van der Waals surface area contributed by atoms with Crippen LogP contribution in [0.25, 0.3) is 0 Å². The van der Waals surface area contributed by atoms with Crippen molar-refractivity contribution in [3.05, 3.63) is 12.4 Å². The van der Waals surface area contributed by atoms with E-state index in [1.54, 1.807) is 0 Å². The van der Waals surface area contributed by atoms with Gasteiger partial charge in [0.1, 0.15) is 0 Å². The summed E-state index contributed by atoms with van der Waals surface area (Å²) < 4.78 is 11.0. The van der Waals surface area contributed by atoms with E-state index in [1.165, 1.54) is 12.8 Å². The fraction of sp³-hybridized carbons (Fsp3) is 0.867. The molecule has 3 nitrogen and oxygen atoms in total. The Bertz CT molecular complexity index is 280.